The Labute approximate surface area is 141 Å². The highest BCUT2D eigenvalue weighted by atomic mass is 16.5. The van der Waals surface area contributed by atoms with Crippen molar-refractivity contribution >= 4 is 0 Å². The number of fused-ring (bicyclic) bond motifs is 1. The van der Waals surface area contributed by atoms with E-state index >= 15 is 0 Å². The first-order chi connectivity index (χ1) is 11.6. The highest BCUT2D eigenvalue weighted by molar-refractivity contribution is 5.64. The van der Waals surface area contributed by atoms with Crippen molar-refractivity contribution in [1.82, 2.24) is 19.7 Å². The molecule has 5 nitrogen and oxygen atoms in total. The SMILES string of the molecule is CCn1cc(-c2nc(-c3ccncc3)no2)c2c1CC(C)(C)CC2. The molecular weight excluding hydrogens is 300 g/mol. The van der Waals surface area contributed by atoms with Crippen LogP contribution in [0.15, 0.2) is 35.2 Å². The topological polar surface area (TPSA) is 56.7 Å². The number of hydrogen-bond acceptors (Lipinski definition) is 4. The summed E-state index contributed by atoms with van der Waals surface area (Å²) in [5.74, 6) is 1.23. The van der Waals surface area contributed by atoms with E-state index in [4.69, 9.17) is 4.52 Å². The first-order valence-corrected chi connectivity index (χ1v) is 8.53. The van der Waals surface area contributed by atoms with Crippen LogP contribution in [-0.2, 0) is 19.4 Å². The van der Waals surface area contributed by atoms with Gasteiger partial charge in [-0.25, -0.2) is 0 Å². The Bertz CT molecular complexity index is 861. The molecule has 124 valence electrons. The van der Waals surface area contributed by atoms with Crippen LogP contribution in [0.25, 0.3) is 22.8 Å². The van der Waals surface area contributed by atoms with Crippen LogP contribution in [0.4, 0.5) is 0 Å². The molecular formula is C19H22N4O. The maximum Gasteiger partial charge on any atom is 0.260 e. The van der Waals surface area contributed by atoms with Gasteiger partial charge in [0, 0.05) is 36.4 Å². The van der Waals surface area contributed by atoms with Crippen LogP contribution >= 0.6 is 0 Å². The van der Waals surface area contributed by atoms with Crippen molar-refractivity contribution in [1.29, 1.82) is 0 Å². The molecule has 3 aromatic heterocycles. The molecule has 5 heteroatoms. The second-order valence-corrected chi connectivity index (χ2v) is 7.25. The van der Waals surface area contributed by atoms with Crippen LogP contribution in [0.3, 0.4) is 0 Å². The van der Waals surface area contributed by atoms with Crippen molar-refractivity contribution in [2.45, 2.75) is 46.6 Å². The number of nitrogens with zero attached hydrogens (tertiary/aromatic N) is 4. The summed E-state index contributed by atoms with van der Waals surface area (Å²) in [6.07, 6.45) is 9.01. The van der Waals surface area contributed by atoms with Crippen LogP contribution in [0.2, 0.25) is 0 Å². The van der Waals surface area contributed by atoms with Gasteiger partial charge in [0.15, 0.2) is 0 Å². The monoisotopic (exact) mass is 322 g/mol. The molecule has 0 fully saturated rings. The van der Waals surface area contributed by atoms with Crippen LogP contribution in [0, 0.1) is 5.41 Å². The lowest BCUT2D eigenvalue weighted by Crippen LogP contribution is -2.23. The van der Waals surface area contributed by atoms with Crippen molar-refractivity contribution in [3.05, 3.63) is 42.0 Å². The Kier molecular flexibility index (Phi) is 3.52. The van der Waals surface area contributed by atoms with Gasteiger partial charge in [0.25, 0.3) is 5.89 Å². The molecule has 1 aliphatic rings. The molecule has 0 unspecified atom stereocenters. The first kappa shape index (κ1) is 15.1. The molecule has 3 heterocycles. The van der Waals surface area contributed by atoms with Gasteiger partial charge in [0.1, 0.15) is 0 Å². The van der Waals surface area contributed by atoms with Gasteiger partial charge in [-0.15, -0.1) is 0 Å². The smallest absolute Gasteiger partial charge is 0.260 e. The molecule has 0 radical (unpaired) electrons. The largest absolute Gasteiger partial charge is 0.351 e. The van der Waals surface area contributed by atoms with E-state index in [1.165, 1.54) is 17.7 Å². The summed E-state index contributed by atoms with van der Waals surface area (Å²) < 4.78 is 7.92. The van der Waals surface area contributed by atoms with Crippen molar-refractivity contribution in [3.8, 4) is 22.8 Å². The van der Waals surface area contributed by atoms with Crippen LogP contribution in [0.5, 0.6) is 0 Å². The second-order valence-electron chi connectivity index (χ2n) is 7.25. The number of rotatable bonds is 3. The lowest BCUT2D eigenvalue weighted by molar-refractivity contribution is 0.306. The molecule has 0 atom stereocenters. The predicted octanol–water partition coefficient (Wildman–Crippen LogP) is 4.13. The fraction of sp³-hybridized carbons (Fsp3) is 0.421. The molecule has 0 amide bonds. The molecule has 0 spiro atoms. The molecule has 4 rings (SSSR count). The number of aryl methyl sites for hydroxylation is 1. The standard InChI is InChI=1S/C19H22N4O/c1-4-23-12-15(14-5-8-19(2,3)11-16(14)23)18-21-17(22-24-18)13-6-9-20-10-7-13/h6-7,9-10,12H,4-5,8,11H2,1-3H3. The Morgan fingerprint density at radius 2 is 2.04 bits per heavy atom. The summed E-state index contributed by atoms with van der Waals surface area (Å²) in [7, 11) is 0. The molecule has 3 aromatic rings. The van der Waals surface area contributed by atoms with E-state index in [-0.39, 0.29) is 0 Å². The lowest BCUT2D eigenvalue weighted by atomic mass is 9.76. The highest BCUT2D eigenvalue weighted by Crippen LogP contribution is 2.40. The molecule has 0 saturated carbocycles. The van der Waals surface area contributed by atoms with E-state index in [0.29, 0.717) is 17.1 Å². The fourth-order valence-corrected chi connectivity index (χ4v) is 3.55. The third-order valence-corrected chi connectivity index (χ3v) is 4.94. The summed E-state index contributed by atoms with van der Waals surface area (Å²) in [4.78, 5) is 8.66. The van der Waals surface area contributed by atoms with Crippen molar-refractivity contribution < 1.29 is 4.52 Å². The van der Waals surface area contributed by atoms with E-state index in [9.17, 15) is 0 Å². The lowest BCUT2D eigenvalue weighted by Gasteiger charge is -2.30. The summed E-state index contributed by atoms with van der Waals surface area (Å²) in [6.45, 7) is 7.83. The minimum absolute atomic E-state index is 0.354. The van der Waals surface area contributed by atoms with Gasteiger partial charge in [-0.05, 0) is 49.3 Å². The minimum atomic E-state index is 0.354. The van der Waals surface area contributed by atoms with E-state index in [0.717, 1.165) is 30.5 Å². The Hall–Kier alpha value is -2.43. The predicted molar refractivity (Wildman–Crippen MR) is 92.4 cm³/mol. The van der Waals surface area contributed by atoms with E-state index in [1.54, 1.807) is 12.4 Å². The first-order valence-electron chi connectivity index (χ1n) is 8.53. The molecule has 0 aliphatic heterocycles. The number of aromatic nitrogens is 4. The minimum Gasteiger partial charge on any atom is -0.351 e. The Morgan fingerprint density at radius 1 is 1.25 bits per heavy atom. The zero-order valence-corrected chi connectivity index (χ0v) is 14.4. The van der Waals surface area contributed by atoms with Gasteiger partial charge in [0.2, 0.25) is 5.82 Å². The Balaban J connectivity index is 1.76. The molecule has 0 bridgehead atoms. The van der Waals surface area contributed by atoms with Gasteiger partial charge in [-0.2, -0.15) is 4.98 Å². The molecule has 0 N–H and O–H groups in total. The number of pyridine rings is 1. The summed E-state index contributed by atoms with van der Waals surface area (Å²) in [6, 6.07) is 3.79. The van der Waals surface area contributed by atoms with Crippen LogP contribution in [-0.4, -0.2) is 19.7 Å². The van der Waals surface area contributed by atoms with E-state index in [1.807, 2.05) is 12.1 Å². The van der Waals surface area contributed by atoms with Gasteiger partial charge in [-0.1, -0.05) is 19.0 Å². The third-order valence-electron chi connectivity index (χ3n) is 4.94. The maximum absolute atomic E-state index is 5.59. The van der Waals surface area contributed by atoms with E-state index < -0.39 is 0 Å². The van der Waals surface area contributed by atoms with E-state index in [2.05, 4.69) is 46.7 Å². The molecule has 0 saturated heterocycles. The van der Waals surface area contributed by atoms with Crippen LogP contribution < -0.4 is 0 Å². The average molecular weight is 322 g/mol. The summed E-state index contributed by atoms with van der Waals surface area (Å²) >= 11 is 0. The molecule has 24 heavy (non-hydrogen) atoms. The summed E-state index contributed by atoms with van der Waals surface area (Å²) in [5.41, 5.74) is 5.17. The molecule has 1 aliphatic carbocycles. The Morgan fingerprint density at radius 3 is 2.79 bits per heavy atom. The van der Waals surface area contributed by atoms with Gasteiger partial charge in [0.05, 0.1) is 5.56 Å². The zero-order chi connectivity index (χ0) is 16.7. The van der Waals surface area contributed by atoms with Gasteiger partial charge >= 0.3 is 0 Å². The quantitative estimate of drug-likeness (QED) is 0.727. The second kappa shape index (κ2) is 5.58. The van der Waals surface area contributed by atoms with Crippen molar-refractivity contribution in [3.63, 3.8) is 0 Å². The third kappa shape index (κ3) is 2.54. The fourth-order valence-electron chi connectivity index (χ4n) is 3.55. The highest BCUT2D eigenvalue weighted by Gasteiger charge is 2.31. The van der Waals surface area contributed by atoms with Crippen molar-refractivity contribution in [2.75, 3.05) is 0 Å². The zero-order valence-electron chi connectivity index (χ0n) is 14.4. The normalized spacial score (nSPS) is 16.1. The van der Waals surface area contributed by atoms with Gasteiger partial charge in [-0.3, -0.25) is 4.98 Å². The number of hydrogen-bond donors (Lipinski definition) is 0. The average Bonchev–Trinajstić information content (AvgIpc) is 3.19. The van der Waals surface area contributed by atoms with Crippen molar-refractivity contribution in [2.24, 2.45) is 5.41 Å². The molecule has 0 aromatic carbocycles. The van der Waals surface area contributed by atoms with Gasteiger partial charge < -0.3 is 9.09 Å². The van der Waals surface area contributed by atoms with Crippen LogP contribution in [0.1, 0.15) is 38.4 Å². The maximum atomic E-state index is 5.59. The summed E-state index contributed by atoms with van der Waals surface area (Å²) in [5, 5.41) is 4.15.